The molecule has 6 nitrogen and oxygen atoms in total. The Morgan fingerprint density at radius 2 is 1.93 bits per heavy atom. The van der Waals surface area contributed by atoms with Crippen LogP contribution >= 0.6 is 0 Å². The minimum atomic E-state index is -0.213. The molecule has 0 bridgehead atoms. The van der Waals surface area contributed by atoms with Crippen LogP contribution in [-0.4, -0.2) is 21.7 Å². The van der Waals surface area contributed by atoms with Crippen LogP contribution in [0.15, 0.2) is 39.6 Å². The summed E-state index contributed by atoms with van der Waals surface area (Å²) in [5.74, 6) is 0.626. The lowest BCUT2D eigenvalue weighted by atomic mass is 9.87. The van der Waals surface area contributed by atoms with Crippen molar-refractivity contribution >= 4 is 12.2 Å². The summed E-state index contributed by atoms with van der Waals surface area (Å²) in [5, 5.41) is 3.96. The number of aromatic nitrogens is 3. The van der Waals surface area contributed by atoms with Gasteiger partial charge < -0.3 is 14.2 Å². The molecule has 0 spiro atoms. The lowest BCUT2D eigenvalue weighted by molar-refractivity contribution is 0.109. The van der Waals surface area contributed by atoms with Crippen LogP contribution in [0.4, 0.5) is 0 Å². The van der Waals surface area contributed by atoms with E-state index in [4.69, 9.17) is 9.26 Å². The van der Waals surface area contributed by atoms with Gasteiger partial charge in [-0.2, -0.15) is 4.98 Å². The monoisotopic (exact) mass is 377 g/mol. The molecule has 3 heterocycles. The summed E-state index contributed by atoms with van der Waals surface area (Å²) >= 11 is 0. The first kappa shape index (κ1) is 18.4. The van der Waals surface area contributed by atoms with Gasteiger partial charge in [0.05, 0.1) is 18.8 Å². The van der Waals surface area contributed by atoms with Crippen molar-refractivity contribution in [2.24, 2.45) is 0 Å². The van der Waals surface area contributed by atoms with Crippen molar-refractivity contribution < 1.29 is 9.26 Å². The highest BCUT2D eigenvalue weighted by Crippen LogP contribution is 2.23. The molecule has 0 unspecified atom stereocenters. The van der Waals surface area contributed by atoms with Gasteiger partial charge in [-0.15, -0.1) is 0 Å². The number of rotatable bonds is 3. The maximum atomic E-state index is 12.4. The zero-order chi connectivity index (χ0) is 19.7. The van der Waals surface area contributed by atoms with Crippen LogP contribution in [0.3, 0.4) is 0 Å². The van der Waals surface area contributed by atoms with Crippen molar-refractivity contribution in [2.75, 3.05) is 6.61 Å². The third-order valence-electron chi connectivity index (χ3n) is 4.85. The number of pyridine rings is 1. The number of nitrogens with zero attached hydrogens (tertiary/aromatic N) is 2. The van der Waals surface area contributed by atoms with Crippen molar-refractivity contribution in [2.45, 2.75) is 39.2 Å². The second kappa shape index (κ2) is 7.20. The molecule has 0 radical (unpaired) electrons. The Labute approximate surface area is 163 Å². The molecule has 1 N–H and O–H groups in total. The van der Waals surface area contributed by atoms with Crippen molar-refractivity contribution in [1.82, 2.24) is 15.1 Å². The SMILES string of the molecule is CC(C)(C)c1ccc(/C=C/c2nc(-c3cc4c([nH]c3=O)CCOC4)no2)cc1. The standard InChI is InChI=1S/C22H23N3O3/c1-22(2,3)16-7-4-14(5-8-16)6-9-19-24-20(25-28-19)17-12-15-13-27-11-10-18(15)23-21(17)26/h4-9,12H,10-11,13H2,1-3H3,(H,23,26)/b9-6+. The first-order valence-corrected chi connectivity index (χ1v) is 9.36. The predicted octanol–water partition coefficient (Wildman–Crippen LogP) is 3.97. The van der Waals surface area contributed by atoms with Crippen LogP contribution < -0.4 is 5.56 Å². The minimum absolute atomic E-state index is 0.122. The Morgan fingerprint density at radius 1 is 1.14 bits per heavy atom. The fourth-order valence-corrected chi connectivity index (χ4v) is 3.16. The lowest BCUT2D eigenvalue weighted by Gasteiger charge is -2.18. The van der Waals surface area contributed by atoms with Gasteiger partial charge in [-0.25, -0.2) is 0 Å². The Hall–Kier alpha value is -2.99. The number of benzene rings is 1. The maximum absolute atomic E-state index is 12.4. The van der Waals surface area contributed by atoms with Gasteiger partial charge in [0.2, 0.25) is 5.82 Å². The van der Waals surface area contributed by atoms with E-state index in [2.05, 4.69) is 60.2 Å². The van der Waals surface area contributed by atoms with Crippen LogP contribution in [0, 0.1) is 0 Å². The molecule has 4 rings (SSSR count). The van der Waals surface area contributed by atoms with Gasteiger partial charge in [0.25, 0.3) is 11.4 Å². The van der Waals surface area contributed by atoms with Crippen LogP contribution in [-0.2, 0) is 23.2 Å². The van der Waals surface area contributed by atoms with Gasteiger partial charge in [-0.3, -0.25) is 4.79 Å². The van der Waals surface area contributed by atoms with E-state index in [0.29, 0.717) is 31.1 Å². The zero-order valence-corrected chi connectivity index (χ0v) is 16.3. The Morgan fingerprint density at radius 3 is 2.68 bits per heavy atom. The Balaban J connectivity index is 1.55. The van der Waals surface area contributed by atoms with Crippen LogP contribution in [0.1, 0.15) is 49.0 Å². The molecule has 1 aliphatic heterocycles. The summed E-state index contributed by atoms with van der Waals surface area (Å²) < 4.78 is 10.7. The Kier molecular flexibility index (Phi) is 4.73. The van der Waals surface area contributed by atoms with Crippen LogP contribution in [0.25, 0.3) is 23.5 Å². The normalized spacial score (nSPS) is 14.4. The number of H-pyrrole nitrogens is 1. The van der Waals surface area contributed by atoms with Crippen molar-refractivity contribution in [3.8, 4) is 11.4 Å². The van der Waals surface area contributed by atoms with E-state index in [1.165, 1.54) is 5.56 Å². The number of fused-ring (bicyclic) bond motifs is 1. The summed E-state index contributed by atoms with van der Waals surface area (Å²) in [5.41, 5.74) is 4.49. The lowest BCUT2D eigenvalue weighted by Crippen LogP contribution is -2.19. The molecule has 144 valence electrons. The van der Waals surface area contributed by atoms with E-state index in [-0.39, 0.29) is 16.8 Å². The van der Waals surface area contributed by atoms with Gasteiger partial charge in [-0.05, 0) is 34.2 Å². The molecule has 28 heavy (non-hydrogen) atoms. The molecule has 0 fully saturated rings. The fourth-order valence-electron chi connectivity index (χ4n) is 3.16. The highest BCUT2D eigenvalue weighted by molar-refractivity contribution is 5.67. The first-order chi connectivity index (χ1) is 13.4. The third-order valence-corrected chi connectivity index (χ3v) is 4.85. The molecular formula is C22H23N3O3. The Bertz CT molecular complexity index is 1070. The largest absolute Gasteiger partial charge is 0.376 e. The average molecular weight is 377 g/mol. The molecular weight excluding hydrogens is 354 g/mol. The van der Waals surface area contributed by atoms with E-state index < -0.39 is 0 Å². The number of hydrogen-bond donors (Lipinski definition) is 1. The number of ether oxygens (including phenoxy) is 1. The molecule has 1 aliphatic rings. The van der Waals surface area contributed by atoms with Crippen molar-refractivity contribution in [3.05, 3.63) is 69.0 Å². The topological polar surface area (TPSA) is 81.0 Å². The van der Waals surface area contributed by atoms with E-state index in [0.717, 1.165) is 16.8 Å². The maximum Gasteiger partial charge on any atom is 0.259 e. The van der Waals surface area contributed by atoms with Gasteiger partial charge in [-0.1, -0.05) is 50.2 Å². The van der Waals surface area contributed by atoms with Gasteiger partial charge in [0.1, 0.15) is 0 Å². The van der Waals surface area contributed by atoms with E-state index in [1.807, 2.05) is 6.08 Å². The first-order valence-electron chi connectivity index (χ1n) is 9.36. The summed E-state index contributed by atoms with van der Waals surface area (Å²) in [7, 11) is 0. The molecule has 1 aromatic carbocycles. The average Bonchev–Trinajstić information content (AvgIpc) is 3.14. The van der Waals surface area contributed by atoms with Crippen LogP contribution in [0.2, 0.25) is 0 Å². The molecule has 0 amide bonds. The summed E-state index contributed by atoms with van der Waals surface area (Å²) in [6, 6.07) is 10.1. The number of hydrogen-bond acceptors (Lipinski definition) is 5. The van der Waals surface area contributed by atoms with Gasteiger partial charge in [0, 0.05) is 18.2 Å². The zero-order valence-electron chi connectivity index (χ0n) is 16.3. The third kappa shape index (κ3) is 3.82. The molecule has 2 aromatic heterocycles. The molecule has 0 atom stereocenters. The number of nitrogens with one attached hydrogen (secondary N) is 1. The van der Waals surface area contributed by atoms with Crippen LogP contribution in [0.5, 0.6) is 0 Å². The van der Waals surface area contributed by atoms with Gasteiger partial charge in [0.15, 0.2) is 0 Å². The highest BCUT2D eigenvalue weighted by Gasteiger charge is 2.17. The molecule has 0 aliphatic carbocycles. The van der Waals surface area contributed by atoms with Crippen molar-refractivity contribution in [1.29, 1.82) is 0 Å². The predicted molar refractivity (Wildman–Crippen MR) is 108 cm³/mol. The van der Waals surface area contributed by atoms with E-state index in [1.54, 1.807) is 12.1 Å². The smallest absolute Gasteiger partial charge is 0.259 e. The second-order valence-corrected chi connectivity index (χ2v) is 7.98. The van der Waals surface area contributed by atoms with E-state index >= 15 is 0 Å². The second-order valence-electron chi connectivity index (χ2n) is 7.98. The summed E-state index contributed by atoms with van der Waals surface area (Å²) in [6.07, 6.45) is 4.37. The molecule has 3 aromatic rings. The summed E-state index contributed by atoms with van der Waals surface area (Å²) in [6.45, 7) is 7.66. The van der Waals surface area contributed by atoms with Gasteiger partial charge >= 0.3 is 0 Å². The van der Waals surface area contributed by atoms with Crippen molar-refractivity contribution in [3.63, 3.8) is 0 Å². The minimum Gasteiger partial charge on any atom is -0.376 e. The number of aromatic amines is 1. The molecule has 0 saturated carbocycles. The quantitative estimate of drug-likeness (QED) is 0.747. The van der Waals surface area contributed by atoms with E-state index in [9.17, 15) is 4.79 Å². The highest BCUT2D eigenvalue weighted by atomic mass is 16.5. The fraction of sp³-hybridized carbons (Fsp3) is 0.318. The molecule has 6 heteroatoms. The molecule has 0 saturated heterocycles. The summed E-state index contributed by atoms with van der Waals surface area (Å²) in [4.78, 5) is 19.6.